The highest BCUT2D eigenvalue weighted by Gasteiger charge is 2.04. The summed E-state index contributed by atoms with van der Waals surface area (Å²) in [5.41, 5.74) is 0. The van der Waals surface area contributed by atoms with Gasteiger partial charge >= 0.3 is 5.97 Å². The normalized spacial score (nSPS) is 9.95. The molecule has 0 heterocycles. The van der Waals surface area contributed by atoms with Crippen molar-refractivity contribution >= 4 is 23.5 Å². The second-order valence-electron chi connectivity index (χ2n) is 3.88. The lowest BCUT2D eigenvalue weighted by Gasteiger charge is -2.07. The second-order valence-corrected chi connectivity index (χ2v) is 4.28. The summed E-state index contributed by atoms with van der Waals surface area (Å²) >= 11 is 5.90. The van der Waals surface area contributed by atoms with E-state index in [-0.39, 0.29) is 18.9 Å². The number of halogens is 1. The molecule has 1 aromatic rings. The Balaban J connectivity index is 2.12. The molecule has 0 aliphatic heterocycles. The van der Waals surface area contributed by atoms with Gasteiger partial charge < -0.3 is 15.2 Å². The summed E-state index contributed by atoms with van der Waals surface area (Å²) in [6.07, 6.45) is 0.774. The lowest BCUT2D eigenvalue weighted by molar-refractivity contribution is -0.136. The van der Waals surface area contributed by atoms with Crippen LogP contribution in [0.15, 0.2) is 24.3 Å². The number of benzene rings is 1. The van der Waals surface area contributed by atoms with Crippen LogP contribution in [0, 0.1) is 0 Å². The van der Waals surface area contributed by atoms with Crippen LogP contribution < -0.4 is 10.1 Å². The van der Waals surface area contributed by atoms with Gasteiger partial charge in [-0.2, -0.15) is 0 Å². The molecule has 0 atom stereocenters. The molecule has 1 aromatic carbocycles. The summed E-state index contributed by atoms with van der Waals surface area (Å²) in [6.45, 7) is 0.537. The van der Waals surface area contributed by atoms with Crippen LogP contribution in [0.25, 0.3) is 0 Å². The van der Waals surface area contributed by atoms with E-state index in [1.165, 1.54) is 0 Å². The monoisotopic (exact) mass is 285 g/mol. The maximum atomic E-state index is 11.3. The predicted octanol–water partition coefficient (Wildman–Crippen LogP) is 2.09. The van der Waals surface area contributed by atoms with Gasteiger partial charge in [0.05, 0.1) is 18.1 Å². The van der Waals surface area contributed by atoms with Crippen molar-refractivity contribution in [3.8, 4) is 5.75 Å². The van der Waals surface area contributed by atoms with Gasteiger partial charge in [0.1, 0.15) is 5.75 Å². The van der Waals surface area contributed by atoms with Crippen molar-refractivity contribution in [1.82, 2.24) is 5.32 Å². The molecule has 0 saturated carbocycles. The van der Waals surface area contributed by atoms with Crippen molar-refractivity contribution in [2.75, 3.05) is 13.2 Å². The van der Waals surface area contributed by atoms with Crippen LogP contribution in [0.2, 0.25) is 5.02 Å². The molecule has 0 saturated heterocycles. The Kier molecular flexibility index (Phi) is 6.74. The Morgan fingerprint density at radius 1 is 1.26 bits per heavy atom. The molecule has 1 rings (SSSR count). The average molecular weight is 286 g/mol. The number of ether oxygens (including phenoxy) is 1. The van der Waals surface area contributed by atoms with Gasteiger partial charge in [0.2, 0.25) is 5.91 Å². The minimum absolute atomic E-state index is 0.0676. The Hall–Kier alpha value is -1.75. The highest BCUT2D eigenvalue weighted by molar-refractivity contribution is 6.32. The van der Waals surface area contributed by atoms with E-state index in [0.29, 0.717) is 30.2 Å². The van der Waals surface area contributed by atoms with E-state index in [4.69, 9.17) is 21.4 Å². The minimum atomic E-state index is -0.928. The summed E-state index contributed by atoms with van der Waals surface area (Å²) in [5.74, 6) is -0.512. The molecule has 0 radical (unpaired) electrons. The van der Waals surface area contributed by atoms with E-state index < -0.39 is 5.97 Å². The zero-order chi connectivity index (χ0) is 14.1. The molecule has 0 aromatic heterocycles. The number of carbonyl (C=O) groups is 2. The Labute approximate surface area is 116 Å². The van der Waals surface area contributed by atoms with Crippen molar-refractivity contribution < 1.29 is 19.4 Å². The number of carbonyl (C=O) groups excluding carboxylic acids is 1. The molecule has 0 fully saturated rings. The summed E-state index contributed by atoms with van der Waals surface area (Å²) in [5, 5.41) is 11.5. The van der Waals surface area contributed by atoms with Crippen molar-refractivity contribution in [3.05, 3.63) is 29.3 Å². The number of carboxylic acid groups (broad SMARTS) is 1. The predicted molar refractivity (Wildman–Crippen MR) is 71.4 cm³/mol. The van der Waals surface area contributed by atoms with Crippen molar-refractivity contribution in [1.29, 1.82) is 0 Å². The standard InChI is InChI=1S/C13H16ClNO4/c14-10-4-1-2-5-11(10)19-9-3-6-12(16)15-8-7-13(17)18/h1-2,4-5H,3,6-9H2,(H,15,16)(H,17,18). The van der Waals surface area contributed by atoms with Gasteiger partial charge in [-0.3, -0.25) is 9.59 Å². The van der Waals surface area contributed by atoms with Crippen LogP contribution in [-0.4, -0.2) is 30.1 Å². The Morgan fingerprint density at radius 2 is 2.00 bits per heavy atom. The molecule has 0 spiro atoms. The fourth-order valence-electron chi connectivity index (χ4n) is 1.37. The molecule has 0 aliphatic carbocycles. The smallest absolute Gasteiger partial charge is 0.305 e. The minimum Gasteiger partial charge on any atom is -0.492 e. The Morgan fingerprint density at radius 3 is 2.68 bits per heavy atom. The summed E-state index contributed by atoms with van der Waals surface area (Å²) in [7, 11) is 0. The lowest BCUT2D eigenvalue weighted by atomic mass is 10.3. The van der Waals surface area contributed by atoms with Crippen LogP contribution in [0.1, 0.15) is 19.3 Å². The van der Waals surface area contributed by atoms with E-state index in [1.807, 2.05) is 12.1 Å². The number of amides is 1. The number of aliphatic carboxylic acids is 1. The van der Waals surface area contributed by atoms with Crippen LogP contribution in [0.5, 0.6) is 5.75 Å². The Bertz CT molecular complexity index is 436. The highest BCUT2D eigenvalue weighted by Crippen LogP contribution is 2.23. The second kappa shape index (κ2) is 8.37. The lowest BCUT2D eigenvalue weighted by Crippen LogP contribution is -2.26. The zero-order valence-corrected chi connectivity index (χ0v) is 11.2. The van der Waals surface area contributed by atoms with Gasteiger partial charge in [-0.05, 0) is 18.6 Å². The molecule has 19 heavy (non-hydrogen) atoms. The fraction of sp³-hybridized carbons (Fsp3) is 0.385. The fourth-order valence-corrected chi connectivity index (χ4v) is 1.56. The first-order chi connectivity index (χ1) is 9.09. The average Bonchev–Trinajstić information content (AvgIpc) is 2.36. The summed E-state index contributed by atoms with van der Waals surface area (Å²) in [4.78, 5) is 21.6. The van der Waals surface area contributed by atoms with Gasteiger partial charge in [-0.15, -0.1) is 0 Å². The maximum Gasteiger partial charge on any atom is 0.305 e. The van der Waals surface area contributed by atoms with Crippen LogP contribution in [-0.2, 0) is 9.59 Å². The number of rotatable bonds is 8. The molecule has 0 unspecified atom stereocenters. The highest BCUT2D eigenvalue weighted by atomic mass is 35.5. The first-order valence-electron chi connectivity index (χ1n) is 5.95. The molecular formula is C13H16ClNO4. The van der Waals surface area contributed by atoms with Crippen LogP contribution >= 0.6 is 11.6 Å². The van der Waals surface area contributed by atoms with E-state index in [2.05, 4.69) is 5.32 Å². The molecule has 0 bridgehead atoms. The SMILES string of the molecule is O=C(O)CCNC(=O)CCCOc1ccccc1Cl. The molecule has 2 N–H and O–H groups in total. The van der Waals surface area contributed by atoms with Crippen molar-refractivity contribution in [2.45, 2.75) is 19.3 Å². The quantitative estimate of drug-likeness (QED) is 0.717. The topological polar surface area (TPSA) is 75.6 Å². The number of carboxylic acids is 1. The zero-order valence-electron chi connectivity index (χ0n) is 10.4. The first kappa shape index (κ1) is 15.3. The van der Waals surface area contributed by atoms with E-state index in [1.54, 1.807) is 12.1 Å². The van der Waals surface area contributed by atoms with E-state index in [9.17, 15) is 9.59 Å². The van der Waals surface area contributed by atoms with Gasteiger partial charge in [0, 0.05) is 13.0 Å². The van der Waals surface area contributed by atoms with Gasteiger partial charge in [-0.25, -0.2) is 0 Å². The molecule has 1 amide bonds. The largest absolute Gasteiger partial charge is 0.492 e. The van der Waals surface area contributed by atoms with Gasteiger partial charge in [0.25, 0.3) is 0 Å². The van der Waals surface area contributed by atoms with Crippen LogP contribution in [0.3, 0.4) is 0 Å². The summed E-state index contributed by atoms with van der Waals surface area (Å²) < 4.78 is 5.42. The van der Waals surface area contributed by atoms with Crippen LogP contribution in [0.4, 0.5) is 0 Å². The maximum absolute atomic E-state index is 11.3. The third-order valence-electron chi connectivity index (χ3n) is 2.30. The number of para-hydroxylation sites is 1. The third kappa shape index (κ3) is 6.67. The summed E-state index contributed by atoms with van der Waals surface area (Å²) in [6, 6.07) is 7.12. The first-order valence-corrected chi connectivity index (χ1v) is 6.33. The van der Waals surface area contributed by atoms with E-state index >= 15 is 0 Å². The van der Waals surface area contributed by atoms with Crippen molar-refractivity contribution in [3.63, 3.8) is 0 Å². The van der Waals surface area contributed by atoms with Crippen molar-refractivity contribution in [2.24, 2.45) is 0 Å². The molecule has 104 valence electrons. The third-order valence-corrected chi connectivity index (χ3v) is 2.62. The molecule has 0 aliphatic rings. The number of nitrogens with one attached hydrogen (secondary N) is 1. The number of hydrogen-bond donors (Lipinski definition) is 2. The molecular weight excluding hydrogens is 270 g/mol. The molecule has 5 nitrogen and oxygen atoms in total. The van der Waals surface area contributed by atoms with Gasteiger partial charge in [0.15, 0.2) is 0 Å². The molecule has 6 heteroatoms. The van der Waals surface area contributed by atoms with E-state index in [0.717, 1.165) is 0 Å². The number of hydrogen-bond acceptors (Lipinski definition) is 3. The van der Waals surface area contributed by atoms with Gasteiger partial charge in [-0.1, -0.05) is 23.7 Å².